The third kappa shape index (κ3) is 5.07. The molecule has 0 saturated carbocycles. The zero-order valence-electron chi connectivity index (χ0n) is 14.0. The Balaban J connectivity index is 2.06. The van der Waals surface area contributed by atoms with Crippen LogP contribution in [-0.2, 0) is 6.42 Å². The summed E-state index contributed by atoms with van der Waals surface area (Å²) in [5.74, 6) is 2.10. The molecule has 128 valence electrons. The van der Waals surface area contributed by atoms with Crippen molar-refractivity contribution in [1.29, 1.82) is 0 Å². The van der Waals surface area contributed by atoms with Gasteiger partial charge >= 0.3 is 0 Å². The molecule has 1 heterocycles. The number of thioether (sulfide) groups is 1. The molecule has 0 saturated heterocycles. The van der Waals surface area contributed by atoms with Gasteiger partial charge in [0.05, 0.1) is 7.11 Å². The maximum absolute atomic E-state index is 12.4. The van der Waals surface area contributed by atoms with E-state index in [4.69, 9.17) is 4.74 Å². The van der Waals surface area contributed by atoms with Crippen LogP contribution in [0.5, 0.6) is 5.75 Å². The van der Waals surface area contributed by atoms with E-state index >= 15 is 0 Å². The van der Waals surface area contributed by atoms with Gasteiger partial charge in [0.25, 0.3) is 5.91 Å². The van der Waals surface area contributed by atoms with Crippen molar-refractivity contribution in [3.8, 4) is 5.75 Å². The second kappa shape index (κ2) is 8.84. The van der Waals surface area contributed by atoms with Crippen molar-refractivity contribution in [3.05, 3.63) is 42.0 Å². The number of nitrogens with zero attached hydrogens (tertiary/aromatic N) is 2. The Morgan fingerprint density at radius 1 is 1.46 bits per heavy atom. The van der Waals surface area contributed by atoms with Crippen LogP contribution in [-0.4, -0.2) is 29.0 Å². The zero-order chi connectivity index (χ0) is 17.5. The number of benzene rings is 1. The smallest absolute Gasteiger partial charge is 0.257 e. The van der Waals surface area contributed by atoms with E-state index in [9.17, 15) is 4.79 Å². The van der Waals surface area contributed by atoms with Crippen LogP contribution in [0.4, 0.5) is 5.13 Å². The molecule has 0 radical (unpaired) electrons. The summed E-state index contributed by atoms with van der Waals surface area (Å²) in [7, 11) is 1.61. The minimum Gasteiger partial charge on any atom is -0.496 e. The number of hydrogen-bond acceptors (Lipinski definition) is 6. The first kappa shape index (κ1) is 18.5. The molecule has 0 bridgehead atoms. The second-order valence-electron chi connectivity index (χ2n) is 5.55. The van der Waals surface area contributed by atoms with Gasteiger partial charge in [-0.25, -0.2) is 0 Å². The Morgan fingerprint density at radius 2 is 2.25 bits per heavy atom. The molecule has 0 spiro atoms. The van der Waals surface area contributed by atoms with Gasteiger partial charge in [-0.3, -0.25) is 10.1 Å². The molecule has 1 aromatic heterocycles. The highest BCUT2D eigenvalue weighted by Gasteiger charge is 2.13. The molecule has 0 aliphatic carbocycles. The first-order valence-corrected chi connectivity index (χ1v) is 9.39. The van der Waals surface area contributed by atoms with Crippen LogP contribution >= 0.6 is 23.1 Å². The number of carbonyl (C=O) groups is 1. The fourth-order valence-electron chi connectivity index (χ4n) is 1.96. The van der Waals surface area contributed by atoms with E-state index in [0.717, 1.165) is 21.4 Å². The van der Waals surface area contributed by atoms with E-state index in [1.165, 1.54) is 11.3 Å². The van der Waals surface area contributed by atoms with Crippen molar-refractivity contribution in [2.24, 2.45) is 5.92 Å². The predicted molar refractivity (Wildman–Crippen MR) is 100 cm³/mol. The van der Waals surface area contributed by atoms with Crippen molar-refractivity contribution < 1.29 is 9.53 Å². The zero-order valence-corrected chi connectivity index (χ0v) is 15.7. The minimum absolute atomic E-state index is 0.209. The molecule has 0 aliphatic heterocycles. The molecular formula is C17H21N3O2S2. The second-order valence-corrected chi connectivity index (χ2v) is 7.80. The molecule has 5 nitrogen and oxygen atoms in total. The third-order valence-corrected chi connectivity index (χ3v) is 5.47. The minimum atomic E-state index is -0.209. The average Bonchev–Trinajstić information content (AvgIpc) is 3.00. The Kier molecular flexibility index (Phi) is 6.81. The van der Waals surface area contributed by atoms with Gasteiger partial charge in [0.1, 0.15) is 5.75 Å². The summed E-state index contributed by atoms with van der Waals surface area (Å²) in [6, 6.07) is 5.33. The number of aromatic nitrogens is 2. The van der Waals surface area contributed by atoms with E-state index in [0.29, 0.717) is 23.0 Å². The van der Waals surface area contributed by atoms with Gasteiger partial charge in [-0.1, -0.05) is 43.0 Å². The molecule has 0 fully saturated rings. The van der Waals surface area contributed by atoms with Gasteiger partial charge in [-0.2, -0.15) is 0 Å². The maximum atomic E-state index is 12.4. The van der Waals surface area contributed by atoms with Crippen molar-refractivity contribution >= 4 is 34.1 Å². The molecule has 0 aliphatic rings. The van der Waals surface area contributed by atoms with Crippen LogP contribution in [0.15, 0.2) is 35.2 Å². The van der Waals surface area contributed by atoms with Gasteiger partial charge in [-0.05, 0) is 36.1 Å². The van der Waals surface area contributed by atoms with Crippen molar-refractivity contribution in [3.63, 3.8) is 0 Å². The van der Waals surface area contributed by atoms with Crippen LogP contribution in [0, 0.1) is 5.92 Å². The van der Waals surface area contributed by atoms with Crippen LogP contribution in [0.25, 0.3) is 0 Å². The van der Waals surface area contributed by atoms with E-state index in [-0.39, 0.29) is 5.91 Å². The van der Waals surface area contributed by atoms with E-state index in [1.54, 1.807) is 37.1 Å². The van der Waals surface area contributed by atoms with Gasteiger partial charge in [0.2, 0.25) is 5.13 Å². The van der Waals surface area contributed by atoms with E-state index in [2.05, 4.69) is 35.9 Å². The van der Waals surface area contributed by atoms with Crippen LogP contribution < -0.4 is 10.1 Å². The molecule has 7 heteroatoms. The Labute approximate surface area is 150 Å². The Hall–Kier alpha value is -1.86. The Bertz CT molecular complexity index is 714. The van der Waals surface area contributed by atoms with E-state index < -0.39 is 0 Å². The van der Waals surface area contributed by atoms with E-state index in [1.807, 2.05) is 6.07 Å². The lowest BCUT2D eigenvalue weighted by Gasteiger charge is -2.09. The lowest BCUT2D eigenvalue weighted by Crippen LogP contribution is -2.12. The van der Waals surface area contributed by atoms with Crippen LogP contribution in [0.1, 0.15) is 29.8 Å². The SMILES string of the molecule is C=CCc1cc(C(=O)Nc2nnc(SCC(C)C)s2)ccc1OC. The summed E-state index contributed by atoms with van der Waals surface area (Å²) in [5.41, 5.74) is 1.48. The number of carbonyl (C=O) groups excluding carboxylic acids is 1. The number of hydrogen-bond donors (Lipinski definition) is 1. The first-order valence-electron chi connectivity index (χ1n) is 7.59. The summed E-state index contributed by atoms with van der Waals surface area (Å²) in [5, 5.41) is 11.4. The molecular weight excluding hydrogens is 342 g/mol. The highest BCUT2D eigenvalue weighted by molar-refractivity contribution is 8.01. The molecule has 1 aromatic carbocycles. The standard InChI is InChI=1S/C17H21N3O2S2/c1-5-6-12-9-13(7-8-14(12)22-4)15(21)18-16-19-20-17(24-16)23-10-11(2)3/h5,7-9,11H,1,6,10H2,2-4H3,(H,18,19,21). The van der Waals surface area contributed by atoms with Crippen molar-refractivity contribution in [2.75, 3.05) is 18.2 Å². The van der Waals surface area contributed by atoms with Gasteiger partial charge in [-0.15, -0.1) is 16.8 Å². The normalized spacial score (nSPS) is 10.7. The number of allylic oxidation sites excluding steroid dienone is 1. The molecule has 0 unspecified atom stereocenters. The molecule has 1 amide bonds. The number of nitrogens with one attached hydrogen (secondary N) is 1. The van der Waals surface area contributed by atoms with Crippen LogP contribution in [0.2, 0.25) is 0 Å². The summed E-state index contributed by atoms with van der Waals surface area (Å²) in [6.45, 7) is 8.04. The molecule has 0 atom stereocenters. The lowest BCUT2D eigenvalue weighted by atomic mass is 10.1. The number of amides is 1. The lowest BCUT2D eigenvalue weighted by molar-refractivity contribution is 0.102. The number of ether oxygens (including phenoxy) is 1. The number of rotatable bonds is 8. The quantitative estimate of drug-likeness (QED) is 0.431. The fourth-order valence-corrected chi connectivity index (χ4v) is 3.68. The van der Waals surface area contributed by atoms with Crippen LogP contribution in [0.3, 0.4) is 0 Å². The monoisotopic (exact) mass is 363 g/mol. The average molecular weight is 364 g/mol. The van der Waals surface area contributed by atoms with Crippen molar-refractivity contribution in [1.82, 2.24) is 10.2 Å². The third-order valence-electron chi connectivity index (χ3n) is 3.07. The highest BCUT2D eigenvalue weighted by atomic mass is 32.2. The molecule has 2 rings (SSSR count). The molecule has 2 aromatic rings. The summed E-state index contributed by atoms with van der Waals surface area (Å²) in [6.07, 6.45) is 2.42. The van der Waals surface area contributed by atoms with Gasteiger partial charge in [0, 0.05) is 11.3 Å². The number of anilines is 1. The summed E-state index contributed by atoms with van der Waals surface area (Å²) in [4.78, 5) is 12.4. The fraction of sp³-hybridized carbons (Fsp3) is 0.353. The largest absolute Gasteiger partial charge is 0.496 e. The first-order chi connectivity index (χ1) is 11.5. The number of methoxy groups -OCH3 is 1. The maximum Gasteiger partial charge on any atom is 0.257 e. The van der Waals surface area contributed by atoms with Gasteiger partial charge in [0.15, 0.2) is 4.34 Å². The molecule has 1 N–H and O–H groups in total. The highest BCUT2D eigenvalue weighted by Crippen LogP contribution is 2.27. The van der Waals surface area contributed by atoms with Crippen molar-refractivity contribution in [2.45, 2.75) is 24.6 Å². The summed E-state index contributed by atoms with van der Waals surface area (Å²) < 4.78 is 6.16. The molecule has 24 heavy (non-hydrogen) atoms. The Morgan fingerprint density at radius 3 is 2.92 bits per heavy atom. The predicted octanol–water partition coefficient (Wildman–Crippen LogP) is 4.28. The van der Waals surface area contributed by atoms with Gasteiger partial charge < -0.3 is 4.74 Å². The summed E-state index contributed by atoms with van der Waals surface area (Å²) >= 11 is 3.04. The topological polar surface area (TPSA) is 64.1 Å².